The number of amides is 5. The van der Waals surface area contributed by atoms with Crippen molar-refractivity contribution in [2.75, 3.05) is 91.3 Å². The number of fused-ring (bicyclic) bond motifs is 2. The van der Waals surface area contributed by atoms with Gasteiger partial charge in [0.1, 0.15) is 30.6 Å². The first kappa shape index (κ1) is 51.3. The molecule has 0 spiro atoms. The number of benzene rings is 1. The van der Waals surface area contributed by atoms with Gasteiger partial charge in [0.05, 0.1) is 109 Å². The minimum Gasteiger partial charge on any atom is -0.481 e. The first-order chi connectivity index (χ1) is 31.5. The van der Waals surface area contributed by atoms with Gasteiger partial charge in [-0.25, -0.2) is 4.79 Å². The summed E-state index contributed by atoms with van der Waals surface area (Å²) < 4.78 is 33.8. The van der Waals surface area contributed by atoms with E-state index >= 15 is 0 Å². The number of piperazine rings is 1. The van der Waals surface area contributed by atoms with Gasteiger partial charge in [0.2, 0.25) is 24.0 Å². The largest absolute Gasteiger partial charge is 0.481 e. The molecule has 5 heterocycles. The molecule has 7 N–H and O–H groups in total. The Labute approximate surface area is 386 Å². The highest BCUT2D eigenvalue weighted by molar-refractivity contribution is 6.25. The molecule has 1 aromatic carbocycles. The van der Waals surface area contributed by atoms with Crippen molar-refractivity contribution >= 4 is 47.2 Å². The van der Waals surface area contributed by atoms with Crippen LogP contribution in [0.1, 0.15) is 37.7 Å². The lowest BCUT2D eigenvalue weighted by Gasteiger charge is -2.43. The Morgan fingerprint density at radius 2 is 1.40 bits per heavy atom. The quantitative estimate of drug-likeness (QED) is 0.0271. The van der Waals surface area contributed by atoms with E-state index in [2.05, 4.69) is 10.6 Å². The fourth-order valence-corrected chi connectivity index (χ4v) is 9.08. The van der Waals surface area contributed by atoms with E-state index < -0.39 is 72.6 Å². The van der Waals surface area contributed by atoms with Crippen LogP contribution in [0.4, 0.5) is 5.69 Å². The number of carboxylic acid groups (broad SMARTS) is 2. The van der Waals surface area contributed by atoms with Crippen molar-refractivity contribution in [2.24, 2.45) is 11.8 Å². The second-order valence-electron chi connectivity index (χ2n) is 17.5. The third-order valence-electron chi connectivity index (χ3n) is 12.9. The molecule has 5 amide bonds. The van der Waals surface area contributed by atoms with E-state index in [9.17, 15) is 59.1 Å². The van der Waals surface area contributed by atoms with E-state index in [0.29, 0.717) is 67.6 Å². The summed E-state index contributed by atoms with van der Waals surface area (Å²) in [6.07, 6.45) is -8.67. The molecule has 0 saturated carbocycles. The molecule has 23 nitrogen and oxygen atoms in total. The molecule has 6 aliphatic rings. The molecule has 0 aromatic heterocycles. The zero-order chi connectivity index (χ0) is 47.3. The Kier molecular flexibility index (Phi) is 17.1. The normalized spacial score (nSPS) is 28.2. The number of hydrogen-bond acceptors (Lipinski definition) is 16. The van der Waals surface area contributed by atoms with Gasteiger partial charge in [-0.05, 0) is 31.0 Å². The van der Waals surface area contributed by atoms with Crippen molar-refractivity contribution < 1.29 is 92.0 Å². The molecule has 1 aliphatic carbocycles. The van der Waals surface area contributed by atoms with E-state index in [1.54, 1.807) is 17.0 Å². The van der Waals surface area contributed by atoms with Crippen molar-refractivity contribution in [3.05, 3.63) is 42.3 Å². The van der Waals surface area contributed by atoms with Crippen LogP contribution >= 0.6 is 0 Å². The van der Waals surface area contributed by atoms with E-state index in [-0.39, 0.29) is 108 Å². The number of piperidine rings is 1. The zero-order valence-corrected chi connectivity index (χ0v) is 37.5. The summed E-state index contributed by atoms with van der Waals surface area (Å²) in [6, 6.07) is 4.80. The molecule has 4 unspecified atom stereocenters. The standard InChI is InChI=1S/C43H57N5O18.CH3/c1-48(12-9-46(10-13-48)40(56)32-28-4-5-29(64-28)33(32)41(57)58)22-23-2-3-27(65-43-36(53)34(51)35(52)37(66-43)42(59)60)26(20-23)45-31(50)6-8-44-30(49)7-14-61-16-18-63-19-17-62-15-11-47-38(54)24-21-25(24)39(47)55;/h2-3,20,28-29,32-37,43,51-53H,4-19,21-22H2,1H3,(H3-,44,45,49,50,57,58,59,60);1H3/q;-1/p+1/t28?,29?,32?,33?,34-,35-,36+,37-,43+;/m0./s1. The highest BCUT2D eigenvalue weighted by atomic mass is 16.7. The lowest BCUT2D eigenvalue weighted by molar-refractivity contribution is -0.926. The maximum absolute atomic E-state index is 13.6. The minimum absolute atomic E-state index is 0. The van der Waals surface area contributed by atoms with Crippen molar-refractivity contribution in [1.82, 2.24) is 15.1 Å². The van der Waals surface area contributed by atoms with Crippen LogP contribution in [0.15, 0.2) is 29.3 Å². The molecule has 9 atom stereocenters. The van der Waals surface area contributed by atoms with Gasteiger partial charge in [-0.2, -0.15) is 0 Å². The fourth-order valence-electron chi connectivity index (χ4n) is 9.08. The molecular weight excluding hydrogens is 887 g/mol. The number of rotatable bonds is 23. The van der Waals surface area contributed by atoms with Crippen LogP contribution in [-0.4, -0.2) is 210 Å². The number of likely N-dealkylation sites (tertiary alicyclic amines) is 1. The van der Waals surface area contributed by atoms with Crippen LogP contribution in [0.25, 0.3) is 0 Å². The number of ether oxygens (including phenoxy) is 6. The topological polar surface area (TPSA) is 307 Å². The molecule has 0 radical (unpaired) electrons. The number of imide groups is 1. The van der Waals surface area contributed by atoms with Gasteiger partial charge in [-0.1, -0.05) is 0 Å². The molecule has 4 fully saturated rings. The molecule has 7 rings (SSSR count). The third-order valence-corrected chi connectivity index (χ3v) is 12.9. The third kappa shape index (κ3) is 12.1. The van der Waals surface area contributed by atoms with Crippen molar-refractivity contribution in [3.8, 4) is 5.75 Å². The van der Waals surface area contributed by atoms with E-state index in [0.717, 1.165) is 5.56 Å². The van der Waals surface area contributed by atoms with E-state index in [1.165, 1.54) is 11.0 Å². The highest BCUT2D eigenvalue weighted by Gasteiger charge is 2.57. The summed E-state index contributed by atoms with van der Waals surface area (Å²) >= 11 is 0. The Bertz CT molecular complexity index is 2040. The van der Waals surface area contributed by atoms with Gasteiger partial charge >= 0.3 is 11.9 Å². The number of carboxylic acids is 2. The molecule has 5 aliphatic heterocycles. The summed E-state index contributed by atoms with van der Waals surface area (Å²) in [5.74, 6) is -5.86. The van der Waals surface area contributed by atoms with Crippen LogP contribution in [-0.2, 0) is 63.8 Å². The van der Waals surface area contributed by atoms with Gasteiger partial charge in [-0.3, -0.25) is 33.7 Å². The number of aliphatic hydroxyl groups excluding tert-OH is 3. The lowest BCUT2D eigenvalue weighted by atomic mass is 9.78. The number of carbonyl (C=O) groups is 7. The molecule has 4 saturated heterocycles. The average Bonchev–Trinajstić information content (AvgIpc) is 3.71. The Balaban J connectivity index is 0.00000741. The summed E-state index contributed by atoms with van der Waals surface area (Å²) in [5, 5.41) is 55.9. The number of nitrogens with zero attached hydrogens (tertiary/aromatic N) is 3. The number of carbonyl (C=O) groups excluding carboxylic acids is 5. The zero-order valence-electron chi connectivity index (χ0n) is 37.5. The summed E-state index contributed by atoms with van der Waals surface area (Å²) in [6.45, 7) is 3.72. The lowest BCUT2D eigenvalue weighted by Crippen LogP contribution is -2.61. The fraction of sp³-hybridized carbons (Fsp3) is 0.636. The predicted octanol–water partition coefficient (Wildman–Crippen LogP) is -1.97. The Morgan fingerprint density at radius 3 is 2.04 bits per heavy atom. The SMILES string of the molecule is C[N+]1(Cc2ccc(O[C@@H]3O[C@H](C(=O)O)[C@@H](O)[C@H](O)[C@H]3O)c(NC(=O)CCNC(=O)CCOCCOCCOCCN3C(=O)C4=C(C4)C3=O)c2)CCN(C(=O)C2C3CCC(O3)C2C(=O)O)CC1.[CH3-]. The van der Waals surface area contributed by atoms with Crippen LogP contribution < -0.4 is 15.4 Å². The van der Waals surface area contributed by atoms with E-state index in [4.69, 9.17) is 28.4 Å². The maximum atomic E-state index is 13.6. The van der Waals surface area contributed by atoms with Gasteiger partial charge in [-0.15, -0.1) is 0 Å². The maximum Gasteiger partial charge on any atom is 0.335 e. The van der Waals surface area contributed by atoms with Crippen molar-refractivity contribution in [2.45, 2.75) is 81.6 Å². The number of likely N-dealkylation sites (N-methyl/N-ethyl adjacent to an activating group) is 1. The summed E-state index contributed by atoms with van der Waals surface area (Å²) in [5.41, 5.74) is 2.03. The molecule has 23 heteroatoms. The number of nitrogens with one attached hydrogen (secondary N) is 2. The Hall–Kier alpha value is -5.11. The van der Waals surface area contributed by atoms with E-state index in [1.807, 2.05) is 7.05 Å². The molecular formula is C44H61N5O18. The van der Waals surface area contributed by atoms with Gasteiger partial charge in [0, 0.05) is 42.5 Å². The average molecular weight is 948 g/mol. The minimum atomic E-state index is -1.95. The molecule has 1 aromatic rings. The highest BCUT2D eigenvalue weighted by Crippen LogP contribution is 2.45. The molecule has 2 bridgehead atoms. The van der Waals surface area contributed by atoms with Crippen molar-refractivity contribution in [1.29, 1.82) is 0 Å². The van der Waals surface area contributed by atoms with Gasteiger partial charge < -0.3 is 81.4 Å². The first-order valence-corrected chi connectivity index (χ1v) is 22.2. The number of aliphatic carboxylic acids is 2. The number of quaternary nitrogens is 1. The summed E-state index contributed by atoms with van der Waals surface area (Å²) in [7, 11) is 2.00. The van der Waals surface area contributed by atoms with Crippen LogP contribution in [0.2, 0.25) is 0 Å². The Morgan fingerprint density at radius 1 is 0.776 bits per heavy atom. The number of aliphatic hydroxyl groups is 3. The predicted molar refractivity (Wildman–Crippen MR) is 228 cm³/mol. The monoisotopic (exact) mass is 947 g/mol. The van der Waals surface area contributed by atoms with Gasteiger partial charge in [0.15, 0.2) is 6.10 Å². The van der Waals surface area contributed by atoms with Crippen LogP contribution in [0.3, 0.4) is 0 Å². The smallest absolute Gasteiger partial charge is 0.335 e. The first-order valence-electron chi connectivity index (χ1n) is 22.2. The second kappa shape index (κ2) is 22.3. The van der Waals surface area contributed by atoms with Gasteiger partial charge in [0.25, 0.3) is 11.8 Å². The second-order valence-corrected chi connectivity index (χ2v) is 17.5. The number of hydrogen-bond donors (Lipinski definition) is 7. The summed E-state index contributed by atoms with van der Waals surface area (Å²) in [4.78, 5) is 89.8. The molecule has 67 heavy (non-hydrogen) atoms. The molecule has 370 valence electrons. The van der Waals surface area contributed by atoms with Crippen molar-refractivity contribution in [3.63, 3.8) is 0 Å². The number of anilines is 1. The van der Waals surface area contributed by atoms with Crippen LogP contribution in [0.5, 0.6) is 5.75 Å². The van der Waals surface area contributed by atoms with Crippen LogP contribution in [0, 0.1) is 19.3 Å².